The normalized spacial score (nSPS) is 22.5. The Balaban J connectivity index is 2.21. The lowest BCUT2D eigenvalue weighted by Crippen LogP contribution is -2.28. The summed E-state index contributed by atoms with van der Waals surface area (Å²) in [6, 6.07) is 1.82. The SMILES string of the molecule is Cc1cc(NCC2(C)CCCS2)c(C(=O)O)c(C)n1. The van der Waals surface area contributed by atoms with Crippen LogP contribution >= 0.6 is 11.8 Å². The van der Waals surface area contributed by atoms with E-state index in [-0.39, 0.29) is 10.3 Å². The first-order valence-electron chi connectivity index (χ1n) is 6.51. The summed E-state index contributed by atoms with van der Waals surface area (Å²) in [5.41, 5.74) is 2.39. The van der Waals surface area contributed by atoms with Crippen molar-refractivity contribution in [2.24, 2.45) is 0 Å². The van der Waals surface area contributed by atoms with Crippen LogP contribution in [0.15, 0.2) is 6.07 Å². The topological polar surface area (TPSA) is 62.2 Å². The third kappa shape index (κ3) is 3.21. The molecule has 1 aromatic heterocycles. The molecule has 1 atom stereocenters. The van der Waals surface area contributed by atoms with Crippen LogP contribution in [0.5, 0.6) is 0 Å². The molecule has 104 valence electrons. The van der Waals surface area contributed by atoms with Gasteiger partial charge >= 0.3 is 5.97 Å². The Kier molecular flexibility index (Phi) is 4.04. The van der Waals surface area contributed by atoms with E-state index in [1.807, 2.05) is 24.8 Å². The number of anilines is 1. The Morgan fingerprint density at radius 1 is 1.58 bits per heavy atom. The molecule has 2 heterocycles. The molecule has 0 radical (unpaired) electrons. The van der Waals surface area contributed by atoms with Crippen LogP contribution in [0, 0.1) is 13.8 Å². The summed E-state index contributed by atoms with van der Waals surface area (Å²) in [6.45, 7) is 6.66. The lowest BCUT2D eigenvalue weighted by Gasteiger charge is -2.24. The molecule has 1 aliphatic rings. The van der Waals surface area contributed by atoms with Crippen LogP contribution in [0.1, 0.15) is 41.5 Å². The van der Waals surface area contributed by atoms with Crippen molar-refractivity contribution in [2.75, 3.05) is 17.6 Å². The molecule has 2 N–H and O–H groups in total. The molecule has 1 unspecified atom stereocenters. The summed E-state index contributed by atoms with van der Waals surface area (Å²) >= 11 is 1.96. The molecule has 19 heavy (non-hydrogen) atoms. The van der Waals surface area contributed by atoms with Crippen molar-refractivity contribution in [2.45, 2.75) is 38.4 Å². The fourth-order valence-corrected chi connectivity index (χ4v) is 3.74. The van der Waals surface area contributed by atoms with Crippen molar-refractivity contribution in [3.05, 3.63) is 23.0 Å². The zero-order valence-electron chi connectivity index (χ0n) is 11.6. The minimum Gasteiger partial charge on any atom is -0.478 e. The number of hydrogen-bond acceptors (Lipinski definition) is 4. The molecular formula is C14H20N2O2S. The molecule has 0 amide bonds. The number of carboxylic acids is 1. The number of aromatic carboxylic acids is 1. The van der Waals surface area contributed by atoms with Crippen molar-refractivity contribution in [3.63, 3.8) is 0 Å². The van der Waals surface area contributed by atoms with Crippen molar-refractivity contribution >= 4 is 23.4 Å². The van der Waals surface area contributed by atoms with Gasteiger partial charge in [-0.3, -0.25) is 4.98 Å². The van der Waals surface area contributed by atoms with Crippen molar-refractivity contribution in [1.29, 1.82) is 0 Å². The molecule has 4 nitrogen and oxygen atoms in total. The quantitative estimate of drug-likeness (QED) is 0.887. The Bertz CT molecular complexity index is 496. The highest BCUT2D eigenvalue weighted by Gasteiger charge is 2.29. The fourth-order valence-electron chi connectivity index (χ4n) is 2.50. The molecular weight excluding hydrogens is 260 g/mol. The Labute approximate surface area is 118 Å². The van der Waals surface area contributed by atoms with Gasteiger partial charge in [0.15, 0.2) is 0 Å². The molecule has 1 saturated heterocycles. The highest BCUT2D eigenvalue weighted by Crippen LogP contribution is 2.38. The van der Waals surface area contributed by atoms with Crippen LogP contribution in [0.4, 0.5) is 5.69 Å². The average Bonchev–Trinajstić information content (AvgIpc) is 2.72. The minimum absolute atomic E-state index is 0.209. The molecule has 0 spiro atoms. The third-order valence-corrected chi connectivity index (χ3v) is 5.03. The van der Waals surface area contributed by atoms with E-state index in [1.54, 1.807) is 6.92 Å². The number of rotatable bonds is 4. The largest absolute Gasteiger partial charge is 0.478 e. The summed E-state index contributed by atoms with van der Waals surface area (Å²) in [4.78, 5) is 15.6. The van der Waals surface area contributed by atoms with Crippen LogP contribution in [0.2, 0.25) is 0 Å². The summed E-state index contributed by atoms with van der Waals surface area (Å²) in [5.74, 6) is 0.273. The molecule has 5 heteroatoms. The third-order valence-electron chi connectivity index (χ3n) is 3.50. The Hall–Kier alpha value is -1.23. The first-order valence-corrected chi connectivity index (χ1v) is 7.49. The lowest BCUT2D eigenvalue weighted by atomic mass is 10.0. The maximum Gasteiger partial charge on any atom is 0.339 e. The molecule has 0 aromatic carbocycles. The minimum atomic E-state index is -0.920. The van der Waals surface area contributed by atoms with Crippen LogP contribution in [0.25, 0.3) is 0 Å². The predicted molar refractivity (Wildman–Crippen MR) is 79.3 cm³/mol. The number of pyridine rings is 1. The van der Waals surface area contributed by atoms with Gasteiger partial charge in [-0.2, -0.15) is 11.8 Å². The van der Waals surface area contributed by atoms with Gasteiger partial charge in [0.2, 0.25) is 0 Å². The van der Waals surface area contributed by atoms with E-state index in [9.17, 15) is 9.90 Å². The smallest absolute Gasteiger partial charge is 0.339 e. The zero-order valence-corrected chi connectivity index (χ0v) is 12.4. The highest BCUT2D eigenvalue weighted by atomic mass is 32.2. The van der Waals surface area contributed by atoms with Crippen LogP contribution in [-0.4, -0.2) is 33.1 Å². The van der Waals surface area contributed by atoms with Gasteiger partial charge in [-0.25, -0.2) is 4.79 Å². The number of aryl methyl sites for hydroxylation is 2. The second-order valence-corrected chi connectivity index (χ2v) is 7.01. The van der Waals surface area contributed by atoms with Crippen LogP contribution in [-0.2, 0) is 0 Å². The van der Waals surface area contributed by atoms with E-state index in [0.717, 1.165) is 12.2 Å². The van der Waals surface area contributed by atoms with Gasteiger partial charge in [0.25, 0.3) is 0 Å². The molecule has 0 saturated carbocycles. The van der Waals surface area contributed by atoms with Gasteiger partial charge in [0.1, 0.15) is 5.56 Å². The predicted octanol–water partition coefficient (Wildman–Crippen LogP) is 3.09. The van der Waals surface area contributed by atoms with E-state index in [0.29, 0.717) is 11.4 Å². The molecule has 0 bridgehead atoms. The first-order chi connectivity index (χ1) is 8.91. The number of hydrogen-bond donors (Lipinski definition) is 2. The first kappa shape index (κ1) is 14.2. The average molecular weight is 280 g/mol. The van der Waals surface area contributed by atoms with Crippen molar-refractivity contribution < 1.29 is 9.90 Å². The van der Waals surface area contributed by atoms with E-state index >= 15 is 0 Å². The number of nitrogens with zero attached hydrogens (tertiary/aromatic N) is 1. The zero-order chi connectivity index (χ0) is 14.0. The maximum absolute atomic E-state index is 11.3. The lowest BCUT2D eigenvalue weighted by molar-refractivity contribution is 0.0696. The highest BCUT2D eigenvalue weighted by molar-refractivity contribution is 8.00. The standard InChI is InChI=1S/C14H20N2O2S/c1-9-7-11(12(13(17)18)10(2)16-9)15-8-14(3)5-4-6-19-14/h7H,4-6,8H2,1-3H3,(H,15,16)(H,17,18). The Morgan fingerprint density at radius 2 is 2.32 bits per heavy atom. The van der Waals surface area contributed by atoms with E-state index in [1.165, 1.54) is 18.6 Å². The van der Waals surface area contributed by atoms with Gasteiger partial charge in [-0.05, 0) is 45.4 Å². The maximum atomic E-state index is 11.3. The number of thioether (sulfide) groups is 1. The summed E-state index contributed by atoms with van der Waals surface area (Å²) in [5, 5.41) is 12.6. The molecule has 1 fully saturated rings. The van der Waals surface area contributed by atoms with Gasteiger partial charge in [-0.15, -0.1) is 0 Å². The van der Waals surface area contributed by atoms with Crippen molar-refractivity contribution in [1.82, 2.24) is 4.98 Å². The van der Waals surface area contributed by atoms with E-state index in [2.05, 4.69) is 17.2 Å². The second-order valence-electron chi connectivity index (χ2n) is 5.33. The van der Waals surface area contributed by atoms with Gasteiger partial charge in [0.05, 0.1) is 11.4 Å². The van der Waals surface area contributed by atoms with Gasteiger partial charge in [0, 0.05) is 17.0 Å². The summed E-state index contributed by atoms with van der Waals surface area (Å²) in [6.07, 6.45) is 2.42. The Morgan fingerprint density at radius 3 is 2.89 bits per heavy atom. The number of carbonyl (C=O) groups is 1. The summed E-state index contributed by atoms with van der Waals surface area (Å²) in [7, 11) is 0. The molecule has 0 aliphatic carbocycles. The molecule has 2 rings (SSSR count). The van der Waals surface area contributed by atoms with E-state index < -0.39 is 5.97 Å². The van der Waals surface area contributed by atoms with Crippen LogP contribution in [0.3, 0.4) is 0 Å². The fraction of sp³-hybridized carbons (Fsp3) is 0.571. The van der Waals surface area contributed by atoms with Gasteiger partial charge in [-0.1, -0.05) is 0 Å². The van der Waals surface area contributed by atoms with Gasteiger partial charge < -0.3 is 10.4 Å². The van der Waals surface area contributed by atoms with E-state index in [4.69, 9.17) is 0 Å². The second kappa shape index (κ2) is 5.41. The number of aromatic nitrogens is 1. The van der Waals surface area contributed by atoms with Crippen molar-refractivity contribution in [3.8, 4) is 0 Å². The molecule has 1 aromatic rings. The number of carboxylic acid groups (broad SMARTS) is 1. The summed E-state index contributed by atoms with van der Waals surface area (Å²) < 4.78 is 0.209. The van der Waals surface area contributed by atoms with Crippen LogP contribution < -0.4 is 5.32 Å². The molecule has 1 aliphatic heterocycles. The monoisotopic (exact) mass is 280 g/mol. The number of nitrogens with one attached hydrogen (secondary N) is 1.